The van der Waals surface area contributed by atoms with Crippen LogP contribution in [0.3, 0.4) is 0 Å². The predicted molar refractivity (Wildman–Crippen MR) is 84.7 cm³/mol. The number of alkyl halides is 3. The summed E-state index contributed by atoms with van der Waals surface area (Å²) in [5.41, 5.74) is -0.0910. The van der Waals surface area contributed by atoms with Gasteiger partial charge in [0, 0.05) is 5.56 Å². The first kappa shape index (κ1) is 17.6. The molecule has 124 valence electrons. The summed E-state index contributed by atoms with van der Waals surface area (Å²) in [4.78, 5) is 23.2. The number of hydrogen-bond donors (Lipinski definition) is 1. The van der Waals surface area contributed by atoms with E-state index in [2.05, 4.69) is 0 Å². The standard InChI is InChI=1S/C16H10F3NO3S/c17-16(18,19)15(22)20-12-9-5-4-8-11(12)13(21)23-14(24)10-6-2-1-3-7-10/h1-9H,(H,20,22). The number of carbonyl (C=O) groups excluding carboxylic acids is 2. The van der Waals surface area contributed by atoms with E-state index in [1.165, 1.54) is 18.2 Å². The molecule has 0 fully saturated rings. The SMILES string of the molecule is O=C(OC(=S)c1ccccc1)c1ccccc1NC(=O)C(F)(F)F. The smallest absolute Gasteiger partial charge is 0.410 e. The third-order valence-corrected chi connectivity index (χ3v) is 3.17. The zero-order chi connectivity index (χ0) is 17.7. The number of halogens is 3. The van der Waals surface area contributed by atoms with E-state index in [0.717, 1.165) is 6.07 Å². The van der Waals surface area contributed by atoms with Crippen molar-refractivity contribution < 1.29 is 27.5 Å². The van der Waals surface area contributed by atoms with E-state index < -0.39 is 18.1 Å². The van der Waals surface area contributed by atoms with Crippen LogP contribution in [0.1, 0.15) is 15.9 Å². The van der Waals surface area contributed by atoms with Crippen LogP contribution < -0.4 is 5.32 Å². The molecule has 0 saturated heterocycles. The molecule has 0 aliphatic heterocycles. The molecule has 24 heavy (non-hydrogen) atoms. The molecular formula is C16H10F3NO3S. The summed E-state index contributed by atoms with van der Waals surface area (Å²) >= 11 is 4.98. The van der Waals surface area contributed by atoms with E-state index in [4.69, 9.17) is 17.0 Å². The number of ether oxygens (including phenoxy) is 1. The number of benzene rings is 2. The molecule has 4 nitrogen and oxygen atoms in total. The minimum atomic E-state index is -5.07. The third-order valence-electron chi connectivity index (χ3n) is 2.85. The van der Waals surface area contributed by atoms with Gasteiger partial charge in [0.05, 0.1) is 11.3 Å². The number of esters is 1. The molecule has 0 heterocycles. The predicted octanol–water partition coefficient (Wildman–Crippen LogP) is 3.72. The fraction of sp³-hybridized carbons (Fsp3) is 0.0625. The number of nitrogens with one attached hydrogen (secondary N) is 1. The molecule has 0 unspecified atom stereocenters. The Labute approximate surface area is 140 Å². The molecule has 2 aromatic rings. The normalized spacial score (nSPS) is 10.8. The number of rotatable bonds is 3. The first-order chi connectivity index (χ1) is 11.3. The molecule has 8 heteroatoms. The second kappa shape index (κ2) is 7.22. The summed E-state index contributed by atoms with van der Waals surface area (Å²) in [6, 6.07) is 13.5. The summed E-state index contributed by atoms with van der Waals surface area (Å²) < 4.78 is 42.0. The fourth-order valence-electron chi connectivity index (χ4n) is 1.74. The molecule has 0 aromatic heterocycles. The average molecular weight is 353 g/mol. The topological polar surface area (TPSA) is 55.4 Å². The molecule has 2 rings (SSSR count). The highest BCUT2D eigenvalue weighted by atomic mass is 32.1. The lowest BCUT2D eigenvalue weighted by Gasteiger charge is -2.12. The Balaban J connectivity index is 2.18. The molecular weight excluding hydrogens is 343 g/mol. The van der Waals surface area contributed by atoms with Crippen LogP contribution in [0.5, 0.6) is 0 Å². The van der Waals surface area contributed by atoms with E-state index in [1.54, 1.807) is 35.6 Å². The molecule has 0 radical (unpaired) electrons. The maximum absolute atomic E-state index is 12.4. The molecule has 1 N–H and O–H groups in total. The second-order valence-electron chi connectivity index (χ2n) is 4.54. The van der Waals surface area contributed by atoms with E-state index in [1.807, 2.05) is 0 Å². The summed E-state index contributed by atoms with van der Waals surface area (Å²) in [6.45, 7) is 0. The van der Waals surface area contributed by atoms with Crippen molar-refractivity contribution in [2.45, 2.75) is 6.18 Å². The van der Waals surface area contributed by atoms with E-state index in [0.29, 0.717) is 5.56 Å². The minimum Gasteiger partial charge on any atom is -0.410 e. The van der Waals surface area contributed by atoms with Gasteiger partial charge >= 0.3 is 18.1 Å². The number of anilines is 1. The lowest BCUT2D eigenvalue weighted by Crippen LogP contribution is -2.30. The van der Waals surface area contributed by atoms with Gasteiger partial charge in [0.25, 0.3) is 0 Å². The van der Waals surface area contributed by atoms with Crippen molar-refractivity contribution in [3.63, 3.8) is 0 Å². The Morgan fingerprint density at radius 1 is 0.958 bits per heavy atom. The fourth-order valence-corrected chi connectivity index (χ4v) is 1.95. The maximum atomic E-state index is 12.4. The molecule has 0 aliphatic rings. The monoisotopic (exact) mass is 353 g/mol. The summed E-state index contributed by atoms with van der Waals surface area (Å²) in [6.07, 6.45) is -5.07. The quantitative estimate of drug-likeness (QED) is 0.675. The number of hydrogen-bond acceptors (Lipinski definition) is 4. The Morgan fingerprint density at radius 2 is 1.54 bits per heavy atom. The lowest BCUT2D eigenvalue weighted by atomic mass is 10.1. The highest BCUT2D eigenvalue weighted by Gasteiger charge is 2.39. The Morgan fingerprint density at radius 3 is 2.17 bits per heavy atom. The van der Waals surface area contributed by atoms with Gasteiger partial charge in [-0.25, -0.2) is 4.79 Å². The highest BCUT2D eigenvalue weighted by molar-refractivity contribution is 7.80. The van der Waals surface area contributed by atoms with E-state index in [9.17, 15) is 22.8 Å². The molecule has 0 aliphatic carbocycles. The van der Waals surface area contributed by atoms with Crippen molar-refractivity contribution in [2.75, 3.05) is 5.32 Å². The van der Waals surface area contributed by atoms with Gasteiger partial charge in [-0.15, -0.1) is 0 Å². The molecule has 0 atom stereocenters. The van der Waals surface area contributed by atoms with E-state index in [-0.39, 0.29) is 16.3 Å². The number of amides is 1. The lowest BCUT2D eigenvalue weighted by molar-refractivity contribution is -0.167. The van der Waals surface area contributed by atoms with Gasteiger partial charge < -0.3 is 10.1 Å². The average Bonchev–Trinajstić information content (AvgIpc) is 2.55. The van der Waals surface area contributed by atoms with Crippen LogP contribution in [0.2, 0.25) is 0 Å². The van der Waals surface area contributed by atoms with Gasteiger partial charge in [0.1, 0.15) is 0 Å². The Hall–Kier alpha value is -2.74. The van der Waals surface area contributed by atoms with Gasteiger partial charge in [-0.1, -0.05) is 42.5 Å². The Kier molecular flexibility index (Phi) is 5.30. The first-order valence-electron chi connectivity index (χ1n) is 6.58. The summed E-state index contributed by atoms with van der Waals surface area (Å²) in [7, 11) is 0. The number of para-hydroxylation sites is 1. The minimum absolute atomic E-state index is 0.127. The van der Waals surface area contributed by atoms with Crippen molar-refractivity contribution in [1.82, 2.24) is 0 Å². The van der Waals surface area contributed by atoms with Crippen LogP contribution in [0.25, 0.3) is 0 Å². The highest BCUT2D eigenvalue weighted by Crippen LogP contribution is 2.22. The number of thiocarbonyl (C=S) groups is 1. The van der Waals surface area contributed by atoms with Crippen molar-refractivity contribution in [1.29, 1.82) is 0 Å². The second-order valence-corrected chi connectivity index (χ2v) is 4.91. The van der Waals surface area contributed by atoms with Crippen molar-refractivity contribution in [3.05, 3.63) is 65.7 Å². The van der Waals surface area contributed by atoms with Gasteiger partial charge in [-0.05, 0) is 24.4 Å². The summed E-state index contributed by atoms with van der Waals surface area (Å²) in [5.74, 6) is -3.16. The maximum Gasteiger partial charge on any atom is 0.471 e. The zero-order valence-electron chi connectivity index (χ0n) is 12.0. The van der Waals surface area contributed by atoms with Crippen LogP contribution in [-0.4, -0.2) is 23.1 Å². The van der Waals surface area contributed by atoms with Gasteiger partial charge in [-0.3, -0.25) is 4.79 Å². The zero-order valence-corrected chi connectivity index (χ0v) is 12.8. The van der Waals surface area contributed by atoms with Crippen LogP contribution in [0.4, 0.5) is 18.9 Å². The van der Waals surface area contributed by atoms with Crippen LogP contribution in [-0.2, 0) is 9.53 Å². The molecule has 0 saturated carbocycles. The third kappa shape index (κ3) is 4.39. The first-order valence-corrected chi connectivity index (χ1v) is 6.98. The van der Waals surface area contributed by atoms with Crippen LogP contribution >= 0.6 is 12.2 Å². The van der Waals surface area contributed by atoms with Gasteiger partial charge in [-0.2, -0.15) is 13.2 Å². The van der Waals surface area contributed by atoms with Crippen molar-refractivity contribution in [3.8, 4) is 0 Å². The van der Waals surface area contributed by atoms with Gasteiger partial charge in [0.15, 0.2) is 0 Å². The summed E-state index contributed by atoms with van der Waals surface area (Å²) in [5, 5.41) is 1.51. The van der Waals surface area contributed by atoms with Crippen molar-refractivity contribution in [2.24, 2.45) is 0 Å². The molecule has 2 aromatic carbocycles. The molecule has 1 amide bonds. The van der Waals surface area contributed by atoms with Crippen molar-refractivity contribution >= 4 is 34.8 Å². The van der Waals surface area contributed by atoms with Crippen LogP contribution in [0, 0.1) is 0 Å². The van der Waals surface area contributed by atoms with E-state index >= 15 is 0 Å². The van der Waals surface area contributed by atoms with Crippen LogP contribution in [0.15, 0.2) is 54.6 Å². The van der Waals surface area contributed by atoms with Gasteiger partial charge in [0.2, 0.25) is 5.05 Å². The largest absolute Gasteiger partial charge is 0.471 e. The molecule has 0 spiro atoms. The Bertz CT molecular complexity index is 776. The molecule has 0 bridgehead atoms. The number of carbonyl (C=O) groups is 2.